The monoisotopic (exact) mass is 242 g/mol. The molecule has 4 nitrogen and oxygen atoms in total. The van der Waals surface area contributed by atoms with Gasteiger partial charge in [0.1, 0.15) is 11.6 Å². The highest BCUT2D eigenvalue weighted by Crippen LogP contribution is 2.26. The average molecular weight is 242 g/mol. The topological polar surface area (TPSA) is 55.8 Å². The first-order valence-corrected chi connectivity index (χ1v) is 5.17. The minimum Gasteiger partial charge on any atom is -0.479 e. The summed E-state index contributed by atoms with van der Waals surface area (Å²) in [6.45, 7) is 3.01. The van der Waals surface area contributed by atoms with Crippen LogP contribution in [0.25, 0.3) is 0 Å². The van der Waals surface area contributed by atoms with Crippen LogP contribution in [0.15, 0.2) is 18.2 Å². The molecule has 0 aliphatic carbocycles. The largest absolute Gasteiger partial charge is 0.479 e. The van der Waals surface area contributed by atoms with Crippen molar-refractivity contribution in [2.45, 2.75) is 26.1 Å². The molecule has 1 N–H and O–H groups in total. The third-order valence-electron chi connectivity index (χ3n) is 2.26. The quantitative estimate of drug-likeness (QED) is 0.818. The number of carbonyl (C=O) groups is 1. The van der Waals surface area contributed by atoms with Crippen LogP contribution in [0.1, 0.15) is 25.5 Å². The lowest BCUT2D eigenvalue weighted by Gasteiger charge is -2.17. The zero-order valence-corrected chi connectivity index (χ0v) is 9.94. The number of esters is 1. The first-order valence-electron chi connectivity index (χ1n) is 5.17. The molecule has 17 heavy (non-hydrogen) atoms. The molecule has 0 heterocycles. The van der Waals surface area contributed by atoms with E-state index in [4.69, 9.17) is 4.74 Å². The fourth-order valence-corrected chi connectivity index (χ4v) is 1.36. The van der Waals surface area contributed by atoms with Crippen LogP contribution in [-0.2, 0) is 9.53 Å². The summed E-state index contributed by atoms with van der Waals surface area (Å²) in [4.78, 5) is 11.2. The van der Waals surface area contributed by atoms with Crippen LogP contribution in [-0.4, -0.2) is 24.3 Å². The van der Waals surface area contributed by atoms with Crippen LogP contribution in [0, 0.1) is 5.82 Å². The first kappa shape index (κ1) is 13.4. The summed E-state index contributed by atoms with van der Waals surface area (Å²) < 4.78 is 22.8. The van der Waals surface area contributed by atoms with Gasteiger partial charge in [0.05, 0.1) is 13.2 Å². The van der Waals surface area contributed by atoms with Crippen LogP contribution in [0.2, 0.25) is 0 Å². The van der Waals surface area contributed by atoms with Crippen LogP contribution < -0.4 is 4.74 Å². The summed E-state index contributed by atoms with van der Waals surface area (Å²) in [5.74, 6) is -0.746. The predicted molar refractivity (Wildman–Crippen MR) is 59.1 cm³/mol. The van der Waals surface area contributed by atoms with Crippen molar-refractivity contribution in [2.75, 3.05) is 7.11 Å². The van der Waals surface area contributed by atoms with Crippen molar-refractivity contribution in [2.24, 2.45) is 0 Å². The van der Waals surface area contributed by atoms with E-state index >= 15 is 0 Å². The maximum atomic E-state index is 13.0. The molecule has 0 aromatic heterocycles. The minimum atomic E-state index is -0.884. The number of methoxy groups -OCH3 is 1. The molecule has 0 amide bonds. The van der Waals surface area contributed by atoms with E-state index < -0.39 is 24.0 Å². The Bertz CT molecular complexity index is 403. The van der Waals surface area contributed by atoms with Gasteiger partial charge in [0.2, 0.25) is 0 Å². The van der Waals surface area contributed by atoms with Gasteiger partial charge in [0.15, 0.2) is 6.10 Å². The molecular weight excluding hydrogens is 227 g/mol. The Morgan fingerprint density at radius 3 is 2.59 bits per heavy atom. The highest BCUT2D eigenvalue weighted by molar-refractivity contribution is 5.74. The number of carbonyl (C=O) groups excluding carboxylic acids is 1. The number of hydrogen-bond donors (Lipinski definition) is 1. The molecule has 0 bridgehead atoms. The second kappa shape index (κ2) is 5.63. The van der Waals surface area contributed by atoms with E-state index in [1.165, 1.54) is 39.2 Å². The van der Waals surface area contributed by atoms with Gasteiger partial charge in [-0.3, -0.25) is 0 Å². The molecule has 0 spiro atoms. The highest BCUT2D eigenvalue weighted by atomic mass is 19.1. The van der Waals surface area contributed by atoms with Crippen molar-refractivity contribution >= 4 is 5.97 Å². The normalized spacial score (nSPS) is 13.9. The summed E-state index contributed by atoms with van der Waals surface area (Å²) in [5.41, 5.74) is 0.292. The smallest absolute Gasteiger partial charge is 0.346 e. The zero-order valence-electron chi connectivity index (χ0n) is 9.94. The third-order valence-corrected chi connectivity index (χ3v) is 2.26. The maximum absolute atomic E-state index is 13.0. The van der Waals surface area contributed by atoms with Crippen LogP contribution >= 0.6 is 0 Å². The molecule has 1 aromatic carbocycles. The van der Waals surface area contributed by atoms with Gasteiger partial charge in [-0.15, -0.1) is 0 Å². The molecule has 2 unspecified atom stereocenters. The molecule has 2 atom stereocenters. The van der Waals surface area contributed by atoms with Crippen LogP contribution in [0.3, 0.4) is 0 Å². The molecule has 1 aromatic rings. The average Bonchev–Trinajstić information content (AvgIpc) is 2.29. The molecule has 5 heteroatoms. The number of aliphatic hydroxyl groups is 1. The molecular formula is C12H15FO4. The van der Waals surface area contributed by atoms with E-state index in [1.807, 2.05) is 0 Å². The van der Waals surface area contributed by atoms with Gasteiger partial charge in [-0.05, 0) is 32.0 Å². The Hall–Kier alpha value is -1.62. The van der Waals surface area contributed by atoms with E-state index in [9.17, 15) is 14.3 Å². The van der Waals surface area contributed by atoms with Crippen molar-refractivity contribution in [3.8, 4) is 5.75 Å². The molecule has 0 aliphatic rings. The second-order valence-corrected chi connectivity index (χ2v) is 3.64. The van der Waals surface area contributed by atoms with Crippen molar-refractivity contribution in [1.82, 2.24) is 0 Å². The van der Waals surface area contributed by atoms with Crippen molar-refractivity contribution in [1.29, 1.82) is 0 Å². The van der Waals surface area contributed by atoms with Gasteiger partial charge in [-0.25, -0.2) is 9.18 Å². The van der Waals surface area contributed by atoms with E-state index in [2.05, 4.69) is 4.74 Å². The SMILES string of the molecule is COC(=O)C(C)Oc1ccc(F)cc1C(C)O. The summed E-state index contributed by atoms with van der Waals surface area (Å²) in [6, 6.07) is 3.74. The Kier molecular flexibility index (Phi) is 4.45. The van der Waals surface area contributed by atoms with E-state index in [-0.39, 0.29) is 5.75 Å². The molecule has 0 saturated carbocycles. The van der Waals surface area contributed by atoms with Gasteiger partial charge >= 0.3 is 5.97 Å². The van der Waals surface area contributed by atoms with Crippen molar-refractivity contribution in [3.05, 3.63) is 29.6 Å². The van der Waals surface area contributed by atoms with Gasteiger partial charge in [-0.2, -0.15) is 0 Å². The predicted octanol–water partition coefficient (Wildman–Crippen LogP) is 1.82. The first-order chi connectivity index (χ1) is 7.95. The second-order valence-electron chi connectivity index (χ2n) is 3.64. The van der Waals surface area contributed by atoms with E-state index in [0.717, 1.165) is 0 Å². The van der Waals surface area contributed by atoms with Gasteiger partial charge in [0, 0.05) is 5.56 Å². The number of aliphatic hydroxyl groups excluding tert-OH is 1. The van der Waals surface area contributed by atoms with E-state index in [0.29, 0.717) is 5.56 Å². The van der Waals surface area contributed by atoms with Crippen molar-refractivity contribution < 1.29 is 23.8 Å². The molecule has 0 aliphatic heterocycles. The Labute approximate surface area is 99.0 Å². The number of benzene rings is 1. The van der Waals surface area contributed by atoms with Gasteiger partial charge in [-0.1, -0.05) is 0 Å². The van der Waals surface area contributed by atoms with Gasteiger partial charge < -0.3 is 14.6 Å². The lowest BCUT2D eigenvalue weighted by atomic mass is 10.1. The summed E-state index contributed by atoms with van der Waals surface area (Å²) in [6.07, 6.45) is -1.70. The summed E-state index contributed by atoms with van der Waals surface area (Å²) in [5, 5.41) is 9.47. The molecule has 0 saturated heterocycles. The lowest BCUT2D eigenvalue weighted by molar-refractivity contribution is -0.147. The Morgan fingerprint density at radius 2 is 2.06 bits per heavy atom. The van der Waals surface area contributed by atoms with Crippen molar-refractivity contribution in [3.63, 3.8) is 0 Å². The fraction of sp³-hybridized carbons (Fsp3) is 0.417. The summed E-state index contributed by atoms with van der Waals surface area (Å²) in [7, 11) is 1.25. The van der Waals surface area contributed by atoms with Crippen LogP contribution in [0.5, 0.6) is 5.75 Å². The molecule has 1 rings (SSSR count). The fourth-order valence-electron chi connectivity index (χ4n) is 1.36. The molecule has 94 valence electrons. The van der Waals surface area contributed by atoms with Crippen LogP contribution in [0.4, 0.5) is 4.39 Å². The summed E-state index contributed by atoms with van der Waals surface area (Å²) >= 11 is 0. The number of rotatable bonds is 4. The third kappa shape index (κ3) is 3.42. The minimum absolute atomic E-state index is 0.263. The highest BCUT2D eigenvalue weighted by Gasteiger charge is 2.18. The zero-order chi connectivity index (χ0) is 13.0. The number of halogens is 1. The Balaban J connectivity index is 2.94. The lowest BCUT2D eigenvalue weighted by Crippen LogP contribution is -2.25. The number of hydrogen-bond acceptors (Lipinski definition) is 4. The maximum Gasteiger partial charge on any atom is 0.346 e. The molecule has 0 radical (unpaired) electrons. The standard InChI is InChI=1S/C12H15FO4/c1-7(14)10-6-9(13)4-5-11(10)17-8(2)12(15)16-3/h4-8,14H,1-3H3. The van der Waals surface area contributed by atoms with Gasteiger partial charge in [0.25, 0.3) is 0 Å². The Morgan fingerprint density at radius 1 is 1.41 bits per heavy atom. The van der Waals surface area contributed by atoms with E-state index in [1.54, 1.807) is 0 Å². The number of ether oxygens (including phenoxy) is 2. The molecule has 0 fully saturated rings.